The van der Waals surface area contributed by atoms with Crippen molar-refractivity contribution in [1.82, 2.24) is 9.88 Å². The number of carbonyl (C=O) groups is 1. The highest BCUT2D eigenvalue weighted by Crippen LogP contribution is 2.40. The Bertz CT molecular complexity index is 1330. The minimum atomic E-state index is -1.13. The van der Waals surface area contributed by atoms with Gasteiger partial charge in [0, 0.05) is 17.7 Å². The van der Waals surface area contributed by atoms with Crippen molar-refractivity contribution in [3.8, 4) is 22.8 Å². The van der Waals surface area contributed by atoms with Crippen LogP contribution in [0.25, 0.3) is 11.1 Å². The number of hydrogen-bond acceptors (Lipinski definition) is 6. The van der Waals surface area contributed by atoms with E-state index in [0.29, 0.717) is 22.8 Å². The van der Waals surface area contributed by atoms with Crippen molar-refractivity contribution in [2.24, 2.45) is 5.92 Å². The molecule has 2 N–H and O–H groups in total. The minimum absolute atomic E-state index is 0.0173. The van der Waals surface area contributed by atoms with Gasteiger partial charge in [-0.2, -0.15) is 0 Å². The number of aliphatic carboxylic acids is 1. The zero-order valence-corrected chi connectivity index (χ0v) is 23.1. The zero-order valence-electron chi connectivity index (χ0n) is 23.1. The summed E-state index contributed by atoms with van der Waals surface area (Å²) < 4.78 is 26.7. The van der Waals surface area contributed by atoms with E-state index in [4.69, 9.17) is 9.47 Å². The molecule has 7 nitrogen and oxygen atoms in total. The van der Waals surface area contributed by atoms with Crippen LogP contribution in [0, 0.1) is 11.7 Å². The maximum absolute atomic E-state index is 15.0. The normalized spacial score (nSPS) is 17.2. The van der Waals surface area contributed by atoms with Gasteiger partial charge in [0.25, 0.3) is 0 Å². The molecule has 0 aliphatic carbocycles. The lowest BCUT2D eigenvalue weighted by Crippen LogP contribution is -2.27. The molecule has 39 heavy (non-hydrogen) atoms. The van der Waals surface area contributed by atoms with Crippen molar-refractivity contribution in [3.63, 3.8) is 0 Å². The summed E-state index contributed by atoms with van der Waals surface area (Å²) in [5.74, 6) is -1.42. The SMILES string of the molecule is CCN(CC)C(C)c1cc(C2CCc3ccc([C@H](O)[C@H](C)C(=O)O)cc3O2)ccc1-c1cc(OC)ncc1F. The number of carboxylic acids is 1. The van der Waals surface area contributed by atoms with Crippen LogP contribution in [-0.2, 0) is 11.2 Å². The van der Waals surface area contributed by atoms with Gasteiger partial charge in [-0.25, -0.2) is 9.37 Å². The third-order valence-corrected chi connectivity index (χ3v) is 7.83. The number of carboxylic acid groups (broad SMARTS) is 1. The van der Waals surface area contributed by atoms with Crippen LogP contribution in [0.15, 0.2) is 48.7 Å². The van der Waals surface area contributed by atoms with Gasteiger partial charge in [-0.05, 0) is 79.7 Å². The standard InChI is InChI=1S/C31H37FN2O5/c1-6-34(7-2)19(4)24-14-21(10-12-23(24)25-16-29(38-5)33-17-26(25)32)27-13-11-20-8-9-22(15-28(20)39-27)30(35)18(3)31(36)37/h8-10,12,14-19,27,30,35H,6-7,11,13H2,1-5H3,(H,36,37)/t18-,19?,27?,30+/m0/s1. The number of aliphatic hydroxyl groups excluding tert-OH is 1. The molecule has 4 atom stereocenters. The lowest BCUT2D eigenvalue weighted by molar-refractivity contribution is -0.145. The smallest absolute Gasteiger partial charge is 0.309 e. The number of aromatic nitrogens is 1. The number of nitrogens with zero attached hydrogens (tertiary/aromatic N) is 2. The molecule has 0 spiro atoms. The highest BCUT2D eigenvalue weighted by Gasteiger charge is 2.28. The van der Waals surface area contributed by atoms with Crippen LogP contribution in [0.2, 0.25) is 0 Å². The zero-order chi connectivity index (χ0) is 28.3. The lowest BCUT2D eigenvalue weighted by atomic mass is 9.89. The summed E-state index contributed by atoms with van der Waals surface area (Å²) in [6.45, 7) is 9.51. The van der Waals surface area contributed by atoms with Crippen LogP contribution in [0.1, 0.15) is 74.6 Å². The largest absolute Gasteiger partial charge is 0.485 e. The topological polar surface area (TPSA) is 92.1 Å². The van der Waals surface area contributed by atoms with E-state index >= 15 is 4.39 Å². The highest BCUT2D eigenvalue weighted by molar-refractivity contribution is 5.71. The number of hydrogen-bond donors (Lipinski definition) is 2. The number of methoxy groups -OCH3 is 1. The summed E-state index contributed by atoms with van der Waals surface area (Å²) >= 11 is 0. The molecule has 8 heteroatoms. The average molecular weight is 537 g/mol. The molecule has 0 radical (unpaired) electrons. The molecule has 208 valence electrons. The van der Waals surface area contributed by atoms with E-state index in [1.807, 2.05) is 18.2 Å². The van der Waals surface area contributed by atoms with Gasteiger partial charge in [0.1, 0.15) is 17.7 Å². The Hall–Kier alpha value is -3.49. The Morgan fingerprint density at radius 2 is 1.90 bits per heavy atom. The Kier molecular flexibility index (Phi) is 8.87. The molecule has 0 bridgehead atoms. The number of aliphatic hydroxyl groups is 1. The van der Waals surface area contributed by atoms with Crippen molar-refractivity contribution in [1.29, 1.82) is 0 Å². The van der Waals surface area contributed by atoms with Crippen molar-refractivity contribution in [2.75, 3.05) is 20.2 Å². The highest BCUT2D eigenvalue weighted by atomic mass is 19.1. The summed E-state index contributed by atoms with van der Waals surface area (Å²) in [5.41, 5.74) is 4.70. The third-order valence-electron chi connectivity index (χ3n) is 7.83. The van der Waals surface area contributed by atoms with Gasteiger partial charge in [-0.1, -0.05) is 38.1 Å². The molecular weight excluding hydrogens is 499 g/mol. The monoisotopic (exact) mass is 536 g/mol. The molecule has 4 rings (SSSR count). The molecule has 2 aromatic carbocycles. The summed E-state index contributed by atoms with van der Waals surface area (Å²) in [5, 5.41) is 19.9. The second-order valence-corrected chi connectivity index (χ2v) is 10.0. The van der Waals surface area contributed by atoms with Crippen LogP contribution >= 0.6 is 0 Å². The molecule has 0 amide bonds. The molecule has 3 aromatic rings. The Balaban J connectivity index is 1.72. The van der Waals surface area contributed by atoms with Gasteiger partial charge in [0.15, 0.2) is 0 Å². The second-order valence-electron chi connectivity index (χ2n) is 10.0. The van der Waals surface area contributed by atoms with E-state index in [1.54, 1.807) is 18.2 Å². The van der Waals surface area contributed by atoms with Gasteiger partial charge < -0.3 is 19.7 Å². The molecule has 2 unspecified atom stereocenters. The molecule has 0 saturated heterocycles. The average Bonchev–Trinajstić information content (AvgIpc) is 2.96. The van der Waals surface area contributed by atoms with Gasteiger partial charge in [-0.3, -0.25) is 9.69 Å². The van der Waals surface area contributed by atoms with E-state index in [9.17, 15) is 15.0 Å². The maximum atomic E-state index is 15.0. The van der Waals surface area contributed by atoms with Crippen LogP contribution in [0.5, 0.6) is 11.6 Å². The predicted molar refractivity (Wildman–Crippen MR) is 147 cm³/mol. The van der Waals surface area contributed by atoms with Crippen molar-refractivity contribution in [3.05, 3.63) is 76.7 Å². The first-order chi connectivity index (χ1) is 18.7. The van der Waals surface area contributed by atoms with E-state index < -0.39 is 23.8 Å². The number of ether oxygens (including phenoxy) is 2. The van der Waals surface area contributed by atoms with Gasteiger partial charge in [0.05, 0.1) is 25.3 Å². The molecular formula is C31H37FN2O5. The lowest BCUT2D eigenvalue weighted by Gasteiger charge is -2.31. The summed E-state index contributed by atoms with van der Waals surface area (Å²) in [6.07, 6.45) is 1.35. The molecule has 2 heterocycles. The van der Waals surface area contributed by atoms with Crippen LogP contribution < -0.4 is 9.47 Å². The first kappa shape index (κ1) is 28.5. The van der Waals surface area contributed by atoms with Gasteiger partial charge in [0.2, 0.25) is 5.88 Å². The molecule has 1 aliphatic heterocycles. The van der Waals surface area contributed by atoms with Crippen molar-refractivity contribution < 1.29 is 28.9 Å². The second kappa shape index (κ2) is 12.1. The third kappa shape index (κ3) is 5.92. The molecule has 1 aliphatic rings. The molecule has 0 fully saturated rings. The minimum Gasteiger partial charge on any atom is -0.485 e. The number of pyridine rings is 1. The first-order valence-corrected chi connectivity index (χ1v) is 13.5. The quantitative estimate of drug-likeness (QED) is 0.323. The van der Waals surface area contributed by atoms with Crippen molar-refractivity contribution >= 4 is 5.97 Å². The predicted octanol–water partition coefficient (Wildman–Crippen LogP) is 6.12. The maximum Gasteiger partial charge on any atom is 0.309 e. The Labute approximate surface area is 229 Å². The van der Waals surface area contributed by atoms with E-state index in [-0.39, 0.29) is 12.1 Å². The molecule has 0 saturated carbocycles. The van der Waals surface area contributed by atoms with Crippen molar-refractivity contribution in [2.45, 2.75) is 58.8 Å². The van der Waals surface area contributed by atoms with Crippen LogP contribution in [0.4, 0.5) is 4.39 Å². The fourth-order valence-electron chi connectivity index (χ4n) is 5.31. The van der Waals surface area contributed by atoms with Crippen LogP contribution in [0.3, 0.4) is 0 Å². The molecule has 1 aromatic heterocycles. The fourth-order valence-corrected chi connectivity index (χ4v) is 5.31. The number of fused-ring (bicyclic) bond motifs is 1. The van der Waals surface area contributed by atoms with E-state index in [2.05, 4.69) is 36.7 Å². The summed E-state index contributed by atoms with van der Waals surface area (Å²) in [4.78, 5) is 17.7. The first-order valence-electron chi connectivity index (χ1n) is 13.5. The Morgan fingerprint density at radius 1 is 1.15 bits per heavy atom. The van der Waals surface area contributed by atoms with E-state index in [1.165, 1.54) is 20.2 Å². The van der Waals surface area contributed by atoms with E-state index in [0.717, 1.165) is 48.2 Å². The number of aryl methyl sites for hydroxylation is 1. The fraction of sp³-hybridized carbons (Fsp3) is 0.419. The number of benzene rings is 2. The number of rotatable bonds is 10. The Morgan fingerprint density at radius 3 is 2.56 bits per heavy atom. The van der Waals surface area contributed by atoms with Gasteiger partial charge in [-0.15, -0.1) is 0 Å². The van der Waals surface area contributed by atoms with Gasteiger partial charge >= 0.3 is 5.97 Å². The summed E-state index contributed by atoms with van der Waals surface area (Å²) in [7, 11) is 1.51. The summed E-state index contributed by atoms with van der Waals surface area (Å²) in [6, 6.07) is 13.1. The number of halogens is 1. The van der Waals surface area contributed by atoms with Crippen LogP contribution in [-0.4, -0.2) is 46.3 Å².